The van der Waals surface area contributed by atoms with Crippen molar-refractivity contribution in [1.82, 2.24) is 0 Å². The number of ether oxygens (including phenoxy) is 2. The fraction of sp³-hybridized carbons (Fsp3) is 0.286. The van der Waals surface area contributed by atoms with Crippen LogP contribution in [0.5, 0.6) is 5.75 Å². The maximum Gasteiger partial charge on any atom is 0.328 e. The van der Waals surface area contributed by atoms with Gasteiger partial charge in [-0.1, -0.05) is 12.1 Å². The number of rotatable bonds is 7. The van der Waals surface area contributed by atoms with Crippen LogP contribution in [0.3, 0.4) is 0 Å². The standard InChI is InChI=1S/C14H16O5/c1-18-14(17)6-3-9-19-12-5-2-4-11(10-12)7-8-13(15)16/h2,4-5,7-8,10H,3,6,9H2,1H3,(H,15,16)/b8-7+. The van der Waals surface area contributed by atoms with E-state index in [2.05, 4.69) is 4.74 Å². The Bertz CT molecular complexity index is 465. The van der Waals surface area contributed by atoms with Crippen LogP contribution in [-0.2, 0) is 14.3 Å². The van der Waals surface area contributed by atoms with Gasteiger partial charge in [-0.15, -0.1) is 0 Å². The SMILES string of the molecule is COC(=O)CCCOc1cccc(/C=C/C(=O)O)c1. The van der Waals surface area contributed by atoms with Crippen molar-refractivity contribution in [3.05, 3.63) is 35.9 Å². The van der Waals surface area contributed by atoms with Crippen LogP contribution in [0.1, 0.15) is 18.4 Å². The molecule has 1 rings (SSSR count). The highest BCUT2D eigenvalue weighted by atomic mass is 16.5. The predicted molar refractivity (Wildman–Crippen MR) is 69.9 cm³/mol. The minimum Gasteiger partial charge on any atom is -0.494 e. The largest absolute Gasteiger partial charge is 0.494 e. The highest BCUT2D eigenvalue weighted by molar-refractivity contribution is 5.85. The molecule has 0 radical (unpaired) electrons. The van der Waals surface area contributed by atoms with E-state index < -0.39 is 5.97 Å². The minimum absolute atomic E-state index is 0.262. The first kappa shape index (κ1) is 14.8. The van der Waals surface area contributed by atoms with Crippen LogP contribution >= 0.6 is 0 Å². The van der Waals surface area contributed by atoms with E-state index in [0.29, 0.717) is 25.2 Å². The molecule has 1 N–H and O–H groups in total. The van der Waals surface area contributed by atoms with Gasteiger partial charge >= 0.3 is 11.9 Å². The van der Waals surface area contributed by atoms with Gasteiger partial charge in [0.05, 0.1) is 13.7 Å². The second kappa shape index (κ2) is 7.92. The summed E-state index contributed by atoms with van der Waals surface area (Å²) in [5.41, 5.74) is 0.743. The van der Waals surface area contributed by atoms with Crippen LogP contribution in [0.2, 0.25) is 0 Å². The number of esters is 1. The quantitative estimate of drug-likeness (QED) is 0.464. The number of benzene rings is 1. The number of carbonyl (C=O) groups is 2. The van der Waals surface area contributed by atoms with Crippen LogP contribution in [0.15, 0.2) is 30.3 Å². The lowest BCUT2D eigenvalue weighted by Crippen LogP contribution is -2.04. The van der Waals surface area contributed by atoms with E-state index in [1.807, 2.05) is 0 Å². The van der Waals surface area contributed by atoms with Crippen molar-refractivity contribution in [3.8, 4) is 5.75 Å². The normalized spacial score (nSPS) is 10.4. The fourth-order valence-electron chi connectivity index (χ4n) is 1.38. The molecule has 19 heavy (non-hydrogen) atoms. The first-order chi connectivity index (χ1) is 9.11. The van der Waals surface area contributed by atoms with Crippen molar-refractivity contribution in [3.63, 3.8) is 0 Å². The number of carboxylic acids is 1. The first-order valence-corrected chi connectivity index (χ1v) is 5.82. The second-order valence-corrected chi connectivity index (χ2v) is 3.77. The van der Waals surface area contributed by atoms with Gasteiger partial charge in [-0.25, -0.2) is 4.79 Å². The Kier molecular flexibility index (Phi) is 6.15. The number of hydrogen-bond donors (Lipinski definition) is 1. The summed E-state index contributed by atoms with van der Waals surface area (Å²) in [6.07, 6.45) is 3.44. The molecule has 0 aromatic heterocycles. The van der Waals surface area contributed by atoms with Gasteiger partial charge < -0.3 is 14.6 Å². The topological polar surface area (TPSA) is 72.8 Å². The molecule has 0 unspecified atom stereocenters. The predicted octanol–water partition coefficient (Wildman–Crippen LogP) is 2.12. The third kappa shape index (κ3) is 6.26. The average Bonchev–Trinajstić information content (AvgIpc) is 2.41. The van der Waals surface area contributed by atoms with Crippen LogP contribution in [-0.4, -0.2) is 30.8 Å². The molecule has 0 spiro atoms. The molecule has 0 aliphatic rings. The number of carboxylic acid groups (broad SMARTS) is 1. The average molecular weight is 264 g/mol. The molecule has 0 bridgehead atoms. The van der Waals surface area contributed by atoms with Crippen molar-refractivity contribution in [1.29, 1.82) is 0 Å². The van der Waals surface area contributed by atoms with Gasteiger partial charge in [-0.2, -0.15) is 0 Å². The summed E-state index contributed by atoms with van der Waals surface area (Å²) in [7, 11) is 1.35. The summed E-state index contributed by atoms with van der Waals surface area (Å²) in [4.78, 5) is 21.3. The molecule has 5 heteroatoms. The lowest BCUT2D eigenvalue weighted by Gasteiger charge is -2.06. The number of aliphatic carboxylic acids is 1. The molecular weight excluding hydrogens is 248 g/mol. The third-order valence-electron chi connectivity index (χ3n) is 2.30. The second-order valence-electron chi connectivity index (χ2n) is 3.77. The van der Waals surface area contributed by atoms with Gasteiger partial charge in [0.2, 0.25) is 0 Å². The lowest BCUT2D eigenvalue weighted by atomic mass is 10.2. The Labute approximate surface area is 111 Å². The molecule has 1 aromatic rings. The Hall–Kier alpha value is -2.30. The van der Waals surface area contributed by atoms with Gasteiger partial charge in [-0.05, 0) is 30.2 Å². The van der Waals surface area contributed by atoms with Crippen molar-refractivity contribution < 1.29 is 24.2 Å². The minimum atomic E-state index is -0.996. The Morgan fingerprint density at radius 2 is 2.16 bits per heavy atom. The zero-order chi connectivity index (χ0) is 14.1. The van der Waals surface area contributed by atoms with E-state index >= 15 is 0 Å². The summed E-state index contributed by atoms with van der Waals surface area (Å²) in [6, 6.07) is 7.06. The van der Waals surface area contributed by atoms with Crippen LogP contribution in [0, 0.1) is 0 Å². The van der Waals surface area contributed by atoms with Crippen LogP contribution in [0.25, 0.3) is 6.08 Å². The molecule has 0 saturated heterocycles. The summed E-state index contributed by atoms with van der Waals surface area (Å²) in [5, 5.41) is 8.53. The maximum absolute atomic E-state index is 10.9. The fourth-order valence-corrected chi connectivity index (χ4v) is 1.38. The van der Waals surface area contributed by atoms with Crippen molar-refractivity contribution in [2.75, 3.05) is 13.7 Å². The van der Waals surface area contributed by atoms with E-state index in [-0.39, 0.29) is 5.97 Å². The maximum atomic E-state index is 10.9. The van der Waals surface area contributed by atoms with Crippen LogP contribution in [0.4, 0.5) is 0 Å². The smallest absolute Gasteiger partial charge is 0.328 e. The van der Waals surface area contributed by atoms with E-state index in [1.54, 1.807) is 24.3 Å². The van der Waals surface area contributed by atoms with Crippen molar-refractivity contribution in [2.24, 2.45) is 0 Å². The molecule has 0 fully saturated rings. The highest BCUT2D eigenvalue weighted by Crippen LogP contribution is 2.15. The van der Waals surface area contributed by atoms with E-state index in [1.165, 1.54) is 13.2 Å². The first-order valence-electron chi connectivity index (χ1n) is 5.82. The van der Waals surface area contributed by atoms with Crippen LogP contribution < -0.4 is 4.74 Å². The zero-order valence-corrected chi connectivity index (χ0v) is 10.7. The van der Waals surface area contributed by atoms with Crippen molar-refractivity contribution in [2.45, 2.75) is 12.8 Å². The monoisotopic (exact) mass is 264 g/mol. The van der Waals surface area contributed by atoms with Gasteiger partial charge in [0.1, 0.15) is 5.75 Å². The summed E-state index contributed by atoms with van der Waals surface area (Å²) < 4.78 is 9.98. The van der Waals surface area contributed by atoms with E-state index in [9.17, 15) is 9.59 Å². The summed E-state index contributed by atoms with van der Waals surface area (Å²) in [5.74, 6) is -0.622. The summed E-state index contributed by atoms with van der Waals surface area (Å²) >= 11 is 0. The van der Waals surface area contributed by atoms with Crippen molar-refractivity contribution >= 4 is 18.0 Å². The number of hydrogen-bond acceptors (Lipinski definition) is 4. The molecule has 5 nitrogen and oxygen atoms in total. The molecule has 0 saturated carbocycles. The molecule has 0 aliphatic heterocycles. The van der Waals surface area contributed by atoms with E-state index in [4.69, 9.17) is 9.84 Å². The Balaban J connectivity index is 2.44. The van der Waals surface area contributed by atoms with Gasteiger partial charge in [0.25, 0.3) is 0 Å². The zero-order valence-electron chi connectivity index (χ0n) is 10.7. The third-order valence-corrected chi connectivity index (χ3v) is 2.30. The highest BCUT2D eigenvalue weighted by Gasteiger charge is 2.00. The number of methoxy groups -OCH3 is 1. The lowest BCUT2D eigenvalue weighted by molar-refractivity contribution is -0.140. The molecule has 0 atom stereocenters. The van der Waals surface area contributed by atoms with E-state index in [0.717, 1.165) is 11.6 Å². The molecule has 0 aliphatic carbocycles. The summed E-state index contributed by atoms with van der Waals surface area (Å²) in [6.45, 7) is 0.404. The van der Waals surface area contributed by atoms with Gasteiger partial charge in [0.15, 0.2) is 0 Å². The molecular formula is C14H16O5. The molecule has 0 amide bonds. The molecule has 1 aromatic carbocycles. The molecule has 102 valence electrons. The van der Waals surface area contributed by atoms with Gasteiger partial charge in [-0.3, -0.25) is 4.79 Å². The Morgan fingerprint density at radius 3 is 2.84 bits per heavy atom. The van der Waals surface area contributed by atoms with Gasteiger partial charge in [0, 0.05) is 12.5 Å². The Morgan fingerprint density at radius 1 is 1.37 bits per heavy atom. The molecule has 0 heterocycles. The number of carbonyl (C=O) groups excluding carboxylic acids is 1.